The van der Waals surface area contributed by atoms with E-state index in [9.17, 15) is 4.79 Å². The summed E-state index contributed by atoms with van der Waals surface area (Å²) < 4.78 is 1.23. The van der Waals surface area contributed by atoms with Crippen molar-refractivity contribution in [3.63, 3.8) is 0 Å². The van der Waals surface area contributed by atoms with Gasteiger partial charge in [-0.3, -0.25) is 9.69 Å². The highest BCUT2D eigenvalue weighted by molar-refractivity contribution is 7.18. The molecule has 3 fully saturated rings. The summed E-state index contributed by atoms with van der Waals surface area (Å²) in [6.45, 7) is 4.53. The van der Waals surface area contributed by atoms with Gasteiger partial charge in [-0.1, -0.05) is 6.42 Å². The second kappa shape index (κ2) is 6.61. The smallest absolute Gasteiger partial charge is 0.227 e. The molecular weight excluding hydrogens is 342 g/mol. The highest BCUT2D eigenvalue weighted by Crippen LogP contribution is 2.44. The minimum absolute atomic E-state index is 0.256. The van der Waals surface area contributed by atoms with Crippen molar-refractivity contribution < 1.29 is 4.79 Å². The van der Waals surface area contributed by atoms with Crippen molar-refractivity contribution in [1.29, 1.82) is 0 Å². The first-order chi connectivity index (χ1) is 12.7. The van der Waals surface area contributed by atoms with Gasteiger partial charge in [-0.2, -0.15) is 0 Å². The van der Waals surface area contributed by atoms with Crippen molar-refractivity contribution in [2.75, 3.05) is 18.0 Å². The minimum atomic E-state index is 0.256. The maximum Gasteiger partial charge on any atom is 0.227 e. The number of hydrogen-bond acceptors (Lipinski definition) is 4. The van der Waals surface area contributed by atoms with Gasteiger partial charge in [-0.15, -0.1) is 11.3 Å². The molecule has 0 spiro atoms. The molecule has 2 aliphatic heterocycles. The average molecular weight is 370 g/mol. The summed E-state index contributed by atoms with van der Waals surface area (Å²) >= 11 is 1.84. The molecule has 26 heavy (non-hydrogen) atoms. The molecule has 138 valence electrons. The van der Waals surface area contributed by atoms with E-state index in [1.807, 2.05) is 16.2 Å². The monoisotopic (exact) mass is 369 g/mol. The van der Waals surface area contributed by atoms with Crippen LogP contribution in [0.5, 0.6) is 0 Å². The molecule has 0 bridgehead atoms. The summed E-state index contributed by atoms with van der Waals surface area (Å²) in [6, 6.07) is 7.85. The predicted molar refractivity (Wildman–Crippen MR) is 107 cm³/mol. The molecular formula is C21H27N3OS. The van der Waals surface area contributed by atoms with Crippen LogP contribution < -0.4 is 4.90 Å². The van der Waals surface area contributed by atoms with Crippen LogP contribution in [-0.4, -0.2) is 41.0 Å². The number of amides is 1. The Morgan fingerprint density at radius 2 is 2.04 bits per heavy atom. The van der Waals surface area contributed by atoms with E-state index in [0.29, 0.717) is 12.3 Å². The first-order valence-electron chi connectivity index (χ1n) is 10.2. The summed E-state index contributed by atoms with van der Waals surface area (Å²) in [5.41, 5.74) is 2.14. The van der Waals surface area contributed by atoms with E-state index >= 15 is 0 Å². The summed E-state index contributed by atoms with van der Waals surface area (Å²) in [5.74, 6) is 0.884. The normalized spacial score (nSPS) is 30.1. The first-order valence-corrected chi connectivity index (χ1v) is 11.0. The fourth-order valence-corrected chi connectivity index (χ4v) is 6.04. The van der Waals surface area contributed by atoms with Gasteiger partial charge in [0.25, 0.3) is 0 Å². The predicted octanol–water partition coefficient (Wildman–Crippen LogP) is 4.54. The molecule has 1 aliphatic carbocycles. The topological polar surface area (TPSA) is 36.4 Å². The summed E-state index contributed by atoms with van der Waals surface area (Å²) in [5, 5.41) is 1.30. The lowest BCUT2D eigenvalue weighted by Crippen LogP contribution is -2.50. The maximum atomic E-state index is 12.0. The Labute approximate surface area is 159 Å². The average Bonchev–Trinajstić information content (AvgIpc) is 3.20. The van der Waals surface area contributed by atoms with Crippen LogP contribution in [0.3, 0.4) is 0 Å². The summed E-state index contributed by atoms with van der Waals surface area (Å²) in [4.78, 5) is 21.6. The number of piperidine rings is 1. The van der Waals surface area contributed by atoms with Gasteiger partial charge in [0.05, 0.1) is 15.2 Å². The Hall–Kier alpha value is -1.46. The maximum absolute atomic E-state index is 12.0. The number of nitrogens with zero attached hydrogens (tertiary/aromatic N) is 3. The molecule has 1 aromatic heterocycles. The number of aromatic nitrogens is 1. The van der Waals surface area contributed by atoms with E-state index in [1.165, 1.54) is 48.4 Å². The Morgan fingerprint density at radius 1 is 1.15 bits per heavy atom. The molecule has 0 unspecified atom stereocenters. The number of rotatable bonds is 3. The van der Waals surface area contributed by atoms with E-state index in [1.54, 1.807) is 0 Å². The van der Waals surface area contributed by atoms with Gasteiger partial charge in [0, 0.05) is 36.7 Å². The van der Waals surface area contributed by atoms with Gasteiger partial charge in [0.2, 0.25) is 5.91 Å². The quantitative estimate of drug-likeness (QED) is 0.797. The van der Waals surface area contributed by atoms with Crippen molar-refractivity contribution >= 4 is 33.1 Å². The van der Waals surface area contributed by atoms with E-state index in [-0.39, 0.29) is 5.91 Å². The molecule has 2 aromatic rings. The zero-order valence-electron chi connectivity index (χ0n) is 15.5. The standard InChI is InChI=1S/C21H27N3OS/c1-14-5-2-3-9-23(14)17-11-15(12-17)21-22-18-8-7-16(13-19(18)26-21)24-10-4-6-20(24)25/h7-8,13-15,17H,2-6,9-12H2,1H3/t14-,15?,17?/m0/s1. The van der Waals surface area contributed by atoms with Crippen LogP contribution in [0.1, 0.15) is 62.8 Å². The Balaban J connectivity index is 1.30. The fourth-order valence-electron chi connectivity index (χ4n) is 4.92. The molecule has 1 saturated carbocycles. The lowest BCUT2D eigenvalue weighted by Gasteiger charge is -2.47. The second-order valence-corrected chi connectivity index (χ2v) is 9.32. The number of thiazole rings is 1. The third-order valence-corrected chi connectivity index (χ3v) is 7.74. The molecule has 3 aliphatic rings. The third kappa shape index (κ3) is 2.85. The summed E-state index contributed by atoms with van der Waals surface area (Å²) in [7, 11) is 0. The van der Waals surface area contributed by atoms with Crippen molar-refractivity contribution in [2.24, 2.45) is 0 Å². The molecule has 1 aromatic carbocycles. The van der Waals surface area contributed by atoms with Crippen LogP contribution in [0, 0.1) is 0 Å². The lowest BCUT2D eigenvalue weighted by molar-refractivity contribution is -0.117. The SMILES string of the molecule is C[C@H]1CCCCN1C1CC(c2nc3ccc(N4CCCC4=O)cc3s2)C1. The minimum Gasteiger partial charge on any atom is -0.312 e. The van der Waals surface area contributed by atoms with Crippen molar-refractivity contribution in [2.45, 2.75) is 69.9 Å². The summed E-state index contributed by atoms with van der Waals surface area (Å²) in [6.07, 6.45) is 8.31. The molecule has 0 radical (unpaired) electrons. The Morgan fingerprint density at radius 3 is 2.81 bits per heavy atom. The number of benzene rings is 1. The highest BCUT2D eigenvalue weighted by Gasteiger charge is 2.38. The van der Waals surface area contributed by atoms with E-state index < -0.39 is 0 Å². The van der Waals surface area contributed by atoms with Gasteiger partial charge < -0.3 is 4.90 Å². The number of carbonyl (C=O) groups is 1. The zero-order chi connectivity index (χ0) is 17.7. The van der Waals surface area contributed by atoms with Crippen LogP contribution >= 0.6 is 11.3 Å². The van der Waals surface area contributed by atoms with Crippen LogP contribution in [0.25, 0.3) is 10.2 Å². The van der Waals surface area contributed by atoms with Gasteiger partial charge in [0.1, 0.15) is 0 Å². The second-order valence-electron chi connectivity index (χ2n) is 8.26. The number of hydrogen-bond donors (Lipinski definition) is 0. The number of likely N-dealkylation sites (tertiary alicyclic amines) is 1. The van der Waals surface area contributed by atoms with Gasteiger partial charge >= 0.3 is 0 Å². The van der Waals surface area contributed by atoms with E-state index in [0.717, 1.165) is 36.3 Å². The molecule has 5 rings (SSSR count). The highest BCUT2D eigenvalue weighted by atomic mass is 32.1. The molecule has 3 heterocycles. The van der Waals surface area contributed by atoms with Crippen LogP contribution in [-0.2, 0) is 4.79 Å². The molecule has 0 N–H and O–H groups in total. The van der Waals surface area contributed by atoms with Crippen LogP contribution in [0.2, 0.25) is 0 Å². The number of anilines is 1. The van der Waals surface area contributed by atoms with Gasteiger partial charge in [-0.25, -0.2) is 4.98 Å². The third-order valence-electron chi connectivity index (χ3n) is 6.56. The largest absolute Gasteiger partial charge is 0.312 e. The van der Waals surface area contributed by atoms with Gasteiger partial charge in [-0.05, 0) is 63.8 Å². The van der Waals surface area contributed by atoms with Crippen molar-refractivity contribution in [3.8, 4) is 0 Å². The van der Waals surface area contributed by atoms with Crippen LogP contribution in [0.15, 0.2) is 18.2 Å². The molecule has 1 atom stereocenters. The molecule has 5 heteroatoms. The van der Waals surface area contributed by atoms with Crippen LogP contribution in [0.4, 0.5) is 5.69 Å². The molecule has 4 nitrogen and oxygen atoms in total. The lowest BCUT2D eigenvalue weighted by atomic mass is 9.78. The Bertz CT molecular complexity index is 826. The first kappa shape index (κ1) is 16.7. The zero-order valence-corrected chi connectivity index (χ0v) is 16.3. The molecule has 1 amide bonds. The number of carbonyl (C=O) groups excluding carboxylic acids is 1. The molecule has 2 saturated heterocycles. The fraction of sp³-hybridized carbons (Fsp3) is 0.619. The van der Waals surface area contributed by atoms with E-state index in [2.05, 4.69) is 30.0 Å². The van der Waals surface area contributed by atoms with Gasteiger partial charge in [0.15, 0.2) is 0 Å². The Kier molecular flexibility index (Phi) is 4.24. The van der Waals surface area contributed by atoms with E-state index in [4.69, 9.17) is 4.98 Å². The van der Waals surface area contributed by atoms with Crippen molar-refractivity contribution in [3.05, 3.63) is 23.2 Å². The number of fused-ring (bicyclic) bond motifs is 1. The van der Waals surface area contributed by atoms with Crippen molar-refractivity contribution in [1.82, 2.24) is 9.88 Å².